The molecule has 0 bridgehead atoms. The molecule has 25 heavy (non-hydrogen) atoms. The number of piperidine rings is 1. The van der Waals surface area contributed by atoms with Crippen molar-refractivity contribution in [3.8, 4) is 0 Å². The van der Waals surface area contributed by atoms with Crippen LogP contribution in [0.5, 0.6) is 0 Å². The Kier molecular flexibility index (Phi) is 4.44. The fourth-order valence-electron chi connectivity index (χ4n) is 3.88. The maximum atomic E-state index is 12.5. The third-order valence-corrected chi connectivity index (χ3v) is 5.33. The Morgan fingerprint density at radius 2 is 2.08 bits per heavy atom. The van der Waals surface area contributed by atoms with Gasteiger partial charge >= 0.3 is 0 Å². The molecule has 6 heteroatoms. The van der Waals surface area contributed by atoms with Crippen LogP contribution in [0.1, 0.15) is 35.4 Å². The summed E-state index contributed by atoms with van der Waals surface area (Å²) >= 11 is 0. The average Bonchev–Trinajstić information content (AvgIpc) is 3.05. The zero-order valence-corrected chi connectivity index (χ0v) is 14.2. The van der Waals surface area contributed by atoms with E-state index in [1.807, 2.05) is 23.2 Å². The molecular weight excluding hydrogens is 316 g/mol. The average molecular weight is 338 g/mol. The predicted molar refractivity (Wildman–Crippen MR) is 91.9 cm³/mol. The number of rotatable bonds is 3. The molecular formula is C19H22N4O2. The van der Waals surface area contributed by atoms with Gasteiger partial charge in [-0.05, 0) is 36.8 Å². The Morgan fingerprint density at radius 1 is 1.20 bits per heavy atom. The van der Waals surface area contributed by atoms with Crippen molar-refractivity contribution >= 4 is 5.91 Å². The van der Waals surface area contributed by atoms with Gasteiger partial charge in [-0.3, -0.25) is 19.7 Å². The van der Waals surface area contributed by atoms with Crippen LogP contribution in [0.3, 0.4) is 0 Å². The number of amides is 1. The number of aromatic nitrogens is 3. The van der Waals surface area contributed by atoms with Gasteiger partial charge in [0.25, 0.3) is 5.91 Å². The highest BCUT2D eigenvalue weighted by atomic mass is 16.5. The van der Waals surface area contributed by atoms with Gasteiger partial charge in [-0.25, -0.2) is 0 Å². The van der Waals surface area contributed by atoms with Crippen molar-refractivity contribution in [1.82, 2.24) is 19.9 Å². The smallest absolute Gasteiger partial charge is 0.272 e. The molecule has 1 spiro atoms. The molecule has 1 amide bonds. The first-order valence-electron chi connectivity index (χ1n) is 8.81. The van der Waals surface area contributed by atoms with E-state index in [1.165, 1.54) is 0 Å². The van der Waals surface area contributed by atoms with E-state index in [0.717, 1.165) is 51.1 Å². The lowest BCUT2D eigenvalue weighted by molar-refractivity contribution is 0.0491. The van der Waals surface area contributed by atoms with Crippen LogP contribution >= 0.6 is 0 Å². The van der Waals surface area contributed by atoms with Gasteiger partial charge in [0, 0.05) is 44.3 Å². The Bertz CT molecular complexity index is 715. The predicted octanol–water partition coefficient (Wildman–Crippen LogP) is 2.13. The Balaban J connectivity index is 1.33. The number of nitrogens with zero attached hydrogens (tertiary/aromatic N) is 4. The number of pyridine rings is 1. The van der Waals surface area contributed by atoms with Gasteiger partial charge in [0.1, 0.15) is 5.69 Å². The number of likely N-dealkylation sites (tertiary alicyclic amines) is 1. The molecule has 4 rings (SSSR count). The minimum absolute atomic E-state index is 0.0328. The van der Waals surface area contributed by atoms with Crippen LogP contribution in [-0.2, 0) is 11.2 Å². The van der Waals surface area contributed by atoms with Crippen molar-refractivity contribution in [2.24, 2.45) is 5.41 Å². The summed E-state index contributed by atoms with van der Waals surface area (Å²) in [4.78, 5) is 27.1. The third kappa shape index (κ3) is 3.54. The SMILES string of the molecule is O=C(c1ccccn1)N1CCC2(CC1)CO[C@H](Cc1cnccn1)C2. The van der Waals surface area contributed by atoms with E-state index in [4.69, 9.17) is 4.74 Å². The molecule has 0 aromatic carbocycles. The van der Waals surface area contributed by atoms with Crippen molar-refractivity contribution in [2.45, 2.75) is 31.8 Å². The molecule has 2 aromatic heterocycles. The lowest BCUT2D eigenvalue weighted by Gasteiger charge is -2.38. The maximum Gasteiger partial charge on any atom is 0.272 e. The molecule has 2 aliphatic heterocycles. The number of ether oxygens (including phenoxy) is 1. The highest BCUT2D eigenvalue weighted by Crippen LogP contribution is 2.42. The zero-order valence-electron chi connectivity index (χ0n) is 14.2. The summed E-state index contributed by atoms with van der Waals surface area (Å²) in [6.45, 7) is 2.33. The Hall–Kier alpha value is -2.34. The molecule has 6 nitrogen and oxygen atoms in total. The second kappa shape index (κ2) is 6.88. The van der Waals surface area contributed by atoms with Crippen LogP contribution in [-0.4, -0.2) is 51.6 Å². The summed E-state index contributed by atoms with van der Waals surface area (Å²) in [5.74, 6) is 0.0328. The first-order chi connectivity index (χ1) is 12.2. The van der Waals surface area contributed by atoms with Crippen LogP contribution in [0.15, 0.2) is 43.0 Å². The van der Waals surface area contributed by atoms with Gasteiger partial charge in [0.15, 0.2) is 0 Å². The summed E-state index contributed by atoms with van der Waals surface area (Å²) in [6.07, 6.45) is 10.9. The summed E-state index contributed by atoms with van der Waals surface area (Å²) in [5.41, 5.74) is 1.71. The number of carbonyl (C=O) groups is 1. The minimum atomic E-state index is 0.0328. The normalized spacial score (nSPS) is 22.2. The summed E-state index contributed by atoms with van der Waals surface area (Å²) < 4.78 is 6.05. The van der Waals surface area contributed by atoms with Gasteiger partial charge in [-0.15, -0.1) is 0 Å². The molecule has 1 atom stereocenters. The molecule has 0 radical (unpaired) electrons. The van der Waals surface area contributed by atoms with Gasteiger partial charge in [0.2, 0.25) is 0 Å². The third-order valence-electron chi connectivity index (χ3n) is 5.33. The van der Waals surface area contributed by atoms with E-state index in [9.17, 15) is 4.79 Å². The summed E-state index contributed by atoms with van der Waals surface area (Å²) in [6, 6.07) is 5.46. The molecule has 0 saturated carbocycles. The molecule has 0 N–H and O–H groups in total. The Morgan fingerprint density at radius 3 is 2.80 bits per heavy atom. The van der Waals surface area contributed by atoms with Gasteiger partial charge in [-0.2, -0.15) is 0 Å². The minimum Gasteiger partial charge on any atom is -0.377 e. The van der Waals surface area contributed by atoms with E-state index in [-0.39, 0.29) is 17.4 Å². The second-order valence-electron chi connectivity index (χ2n) is 7.05. The van der Waals surface area contributed by atoms with E-state index < -0.39 is 0 Å². The molecule has 0 aliphatic carbocycles. The van der Waals surface area contributed by atoms with Gasteiger partial charge in [-0.1, -0.05) is 6.07 Å². The van der Waals surface area contributed by atoms with Crippen molar-refractivity contribution in [3.63, 3.8) is 0 Å². The highest BCUT2D eigenvalue weighted by molar-refractivity contribution is 5.92. The zero-order chi connectivity index (χ0) is 17.1. The first-order valence-corrected chi connectivity index (χ1v) is 8.81. The molecule has 2 saturated heterocycles. The van der Waals surface area contributed by atoms with E-state index in [1.54, 1.807) is 24.7 Å². The monoisotopic (exact) mass is 338 g/mol. The fraction of sp³-hybridized carbons (Fsp3) is 0.474. The number of hydrogen-bond acceptors (Lipinski definition) is 5. The first kappa shape index (κ1) is 16.1. The van der Waals surface area contributed by atoms with E-state index >= 15 is 0 Å². The quantitative estimate of drug-likeness (QED) is 0.857. The van der Waals surface area contributed by atoms with Crippen LogP contribution in [0.4, 0.5) is 0 Å². The van der Waals surface area contributed by atoms with Crippen molar-refractivity contribution in [3.05, 3.63) is 54.4 Å². The Labute approximate surface area is 147 Å². The molecule has 0 unspecified atom stereocenters. The lowest BCUT2D eigenvalue weighted by atomic mass is 9.76. The topological polar surface area (TPSA) is 68.2 Å². The maximum absolute atomic E-state index is 12.5. The van der Waals surface area contributed by atoms with E-state index in [0.29, 0.717) is 5.69 Å². The van der Waals surface area contributed by atoms with Crippen molar-refractivity contribution in [1.29, 1.82) is 0 Å². The summed E-state index contributed by atoms with van der Waals surface area (Å²) in [5, 5.41) is 0. The number of hydrogen-bond donors (Lipinski definition) is 0. The molecule has 2 aliphatic rings. The van der Waals surface area contributed by atoms with Gasteiger partial charge < -0.3 is 9.64 Å². The van der Waals surface area contributed by atoms with Crippen LogP contribution in [0.2, 0.25) is 0 Å². The van der Waals surface area contributed by atoms with Crippen molar-refractivity contribution in [2.75, 3.05) is 19.7 Å². The lowest BCUT2D eigenvalue weighted by Crippen LogP contribution is -2.43. The van der Waals surface area contributed by atoms with Crippen LogP contribution in [0.25, 0.3) is 0 Å². The highest BCUT2D eigenvalue weighted by Gasteiger charge is 2.43. The standard InChI is InChI=1S/C19H22N4O2/c24-18(17-3-1-2-6-22-17)23-9-4-19(5-10-23)12-16(25-14-19)11-15-13-20-7-8-21-15/h1-3,6-8,13,16H,4-5,9-12,14H2/t16-/m1/s1. The van der Waals surface area contributed by atoms with Crippen LogP contribution in [0, 0.1) is 5.41 Å². The molecule has 2 aromatic rings. The fourth-order valence-corrected chi connectivity index (χ4v) is 3.88. The molecule has 130 valence electrons. The largest absolute Gasteiger partial charge is 0.377 e. The van der Waals surface area contributed by atoms with Gasteiger partial charge in [0.05, 0.1) is 18.4 Å². The molecule has 2 fully saturated rings. The second-order valence-corrected chi connectivity index (χ2v) is 7.05. The van der Waals surface area contributed by atoms with Crippen LogP contribution < -0.4 is 0 Å². The molecule has 4 heterocycles. The number of carbonyl (C=O) groups excluding carboxylic acids is 1. The summed E-state index contributed by atoms with van der Waals surface area (Å²) in [7, 11) is 0. The van der Waals surface area contributed by atoms with E-state index in [2.05, 4.69) is 15.0 Å². The van der Waals surface area contributed by atoms with Crippen molar-refractivity contribution < 1.29 is 9.53 Å².